The molecule has 0 aliphatic heterocycles. The highest BCUT2D eigenvalue weighted by atomic mass is 14.2. The van der Waals surface area contributed by atoms with E-state index in [1.165, 1.54) is 32.1 Å². The van der Waals surface area contributed by atoms with E-state index in [0.717, 1.165) is 17.8 Å². The quantitative estimate of drug-likeness (QED) is 0.253. The highest BCUT2D eigenvalue weighted by Gasteiger charge is 2.12. The molecule has 0 heterocycles. The summed E-state index contributed by atoms with van der Waals surface area (Å²) in [5, 5.41) is 0. The Bertz CT molecular complexity index is 323. The van der Waals surface area contributed by atoms with Crippen molar-refractivity contribution >= 4 is 0 Å². The first kappa shape index (κ1) is 22.5. The van der Waals surface area contributed by atoms with E-state index in [0.29, 0.717) is 17.8 Å². The van der Waals surface area contributed by atoms with Gasteiger partial charge in [0.25, 0.3) is 0 Å². The van der Waals surface area contributed by atoms with E-state index in [1.54, 1.807) is 0 Å². The molecule has 0 aliphatic carbocycles. The molecule has 0 aromatic heterocycles. The van der Waals surface area contributed by atoms with E-state index in [2.05, 4.69) is 79.7 Å². The number of hydrogen-bond acceptors (Lipinski definition) is 0. The lowest BCUT2D eigenvalue weighted by atomic mass is 9.86. The van der Waals surface area contributed by atoms with E-state index >= 15 is 0 Å². The first-order valence-electron chi connectivity index (χ1n) is 10.2. The van der Waals surface area contributed by atoms with Gasteiger partial charge in [0.05, 0.1) is 0 Å². The smallest absolute Gasteiger partial charge is 0.0201 e. The van der Waals surface area contributed by atoms with E-state index in [1.807, 2.05) is 0 Å². The first-order chi connectivity index (χ1) is 10.8. The van der Waals surface area contributed by atoms with Gasteiger partial charge in [0.2, 0.25) is 0 Å². The zero-order valence-corrected chi connectivity index (χ0v) is 17.3. The molecule has 0 aromatic carbocycles. The fraction of sp³-hybridized carbons (Fsp3) is 0.826. The predicted octanol–water partition coefficient (Wildman–Crippen LogP) is 7.91. The number of allylic oxidation sites excluding steroid dienone is 4. The van der Waals surface area contributed by atoms with Crippen LogP contribution in [0.1, 0.15) is 87.5 Å². The van der Waals surface area contributed by atoms with Crippen LogP contribution in [-0.2, 0) is 0 Å². The number of hydrogen-bond donors (Lipinski definition) is 0. The summed E-state index contributed by atoms with van der Waals surface area (Å²) >= 11 is 0. The van der Waals surface area contributed by atoms with Gasteiger partial charge in [-0.25, -0.2) is 0 Å². The Hall–Kier alpha value is -0.520. The van der Waals surface area contributed by atoms with Crippen molar-refractivity contribution in [3.8, 4) is 0 Å². The predicted molar refractivity (Wildman–Crippen MR) is 108 cm³/mol. The van der Waals surface area contributed by atoms with Crippen LogP contribution in [0.5, 0.6) is 0 Å². The topological polar surface area (TPSA) is 0 Å². The second-order valence-electron chi connectivity index (χ2n) is 8.14. The molecule has 0 aromatic rings. The Morgan fingerprint density at radius 1 is 0.652 bits per heavy atom. The van der Waals surface area contributed by atoms with Crippen molar-refractivity contribution in [3.63, 3.8) is 0 Å². The average Bonchev–Trinajstić information content (AvgIpc) is 2.53. The largest absolute Gasteiger partial charge is 0.0851 e. The normalized spacial score (nSPS) is 19.3. The summed E-state index contributed by atoms with van der Waals surface area (Å²) in [6, 6.07) is 0. The second-order valence-corrected chi connectivity index (χ2v) is 8.14. The molecule has 5 unspecified atom stereocenters. The average molecular weight is 321 g/mol. The summed E-state index contributed by atoms with van der Waals surface area (Å²) in [7, 11) is 0. The van der Waals surface area contributed by atoms with Crippen molar-refractivity contribution in [2.75, 3.05) is 0 Å². The molecule has 0 spiro atoms. The van der Waals surface area contributed by atoms with Crippen LogP contribution in [0.2, 0.25) is 0 Å². The maximum Gasteiger partial charge on any atom is -0.0201 e. The molecule has 0 nitrogen and oxygen atoms in total. The minimum absolute atomic E-state index is 0.626. The Morgan fingerprint density at radius 3 is 1.65 bits per heavy atom. The highest BCUT2D eigenvalue weighted by Crippen LogP contribution is 2.24. The van der Waals surface area contributed by atoms with Gasteiger partial charge >= 0.3 is 0 Å². The molecule has 0 fully saturated rings. The molecule has 23 heavy (non-hydrogen) atoms. The lowest BCUT2D eigenvalue weighted by Crippen LogP contribution is -2.09. The monoisotopic (exact) mass is 320 g/mol. The van der Waals surface area contributed by atoms with Gasteiger partial charge in [-0.1, -0.05) is 105 Å². The lowest BCUT2D eigenvalue weighted by Gasteiger charge is -2.19. The molecule has 0 heteroatoms. The Balaban J connectivity index is 4.50. The highest BCUT2D eigenvalue weighted by molar-refractivity contribution is 5.00. The van der Waals surface area contributed by atoms with Gasteiger partial charge in [0.1, 0.15) is 0 Å². The second kappa shape index (κ2) is 12.8. The summed E-state index contributed by atoms with van der Waals surface area (Å²) in [5.41, 5.74) is 0. The van der Waals surface area contributed by atoms with Crippen LogP contribution in [0.15, 0.2) is 24.3 Å². The molecule has 0 saturated carbocycles. The SMILES string of the molecule is CCCCCC(C=CC(C)C(C)C=CC(C)C(C)CC)C(C)C. The zero-order chi connectivity index (χ0) is 17.8. The van der Waals surface area contributed by atoms with Crippen LogP contribution in [0.25, 0.3) is 0 Å². The summed E-state index contributed by atoms with van der Waals surface area (Å²) in [6.07, 6.45) is 16.5. The van der Waals surface area contributed by atoms with Crippen molar-refractivity contribution in [3.05, 3.63) is 24.3 Å². The van der Waals surface area contributed by atoms with Crippen molar-refractivity contribution in [1.29, 1.82) is 0 Å². The number of rotatable bonds is 12. The summed E-state index contributed by atoms with van der Waals surface area (Å²) in [5.74, 6) is 4.24. The molecule has 0 rings (SSSR count). The van der Waals surface area contributed by atoms with Gasteiger partial charge < -0.3 is 0 Å². The van der Waals surface area contributed by atoms with Gasteiger partial charge in [0, 0.05) is 0 Å². The minimum atomic E-state index is 0.626. The van der Waals surface area contributed by atoms with Crippen molar-refractivity contribution in [2.45, 2.75) is 87.5 Å². The summed E-state index contributed by atoms with van der Waals surface area (Å²) < 4.78 is 0. The molecule has 5 atom stereocenters. The third kappa shape index (κ3) is 10.0. The van der Waals surface area contributed by atoms with Crippen LogP contribution < -0.4 is 0 Å². The molecule has 0 saturated heterocycles. The van der Waals surface area contributed by atoms with E-state index < -0.39 is 0 Å². The number of unbranched alkanes of at least 4 members (excludes halogenated alkanes) is 2. The third-order valence-corrected chi connectivity index (χ3v) is 5.75. The molecule has 0 amide bonds. The third-order valence-electron chi connectivity index (χ3n) is 5.75. The van der Waals surface area contributed by atoms with Crippen molar-refractivity contribution in [1.82, 2.24) is 0 Å². The Labute approximate surface area is 147 Å². The van der Waals surface area contributed by atoms with Gasteiger partial charge in [-0.05, 0) is 41.9 Å². The van der Waals surface area contributed by atoms with Gasteiger partial charge in [-0.15, -0.1) is 0 Å². The maximum atomic E-state index is 2.51. The van der Waals surface area contributed by atoms with Crippen LogP contribution in [0.3, 0.4) is 0 Å². The van der Waals surface area contributed by atoms with Crippen molar-refractivity contribution < 1.29 is 0 Å². The van der Waals surface area contributed by atoms with Crippen LogP contribution in [0.4, 0.5) is 0 Å². The summed E-state index contributed by atoms with van der Waals surface area (Å²) in [4.78, 5) is 0. The van der Waals surface area contributed by atoms with Crippen LogP contribution >= 0.6 is 0 Å². The molecular weight excluding hydrogens is 276 g/mol. The molecule has 0 bridgehead atoms. The standard InChI is InChI=1S/C23H44/c1-9-11-12-13-23(18(3)4)17-16-22(8)21(7)15-14-20(6)19(5)10-2/h14-23H,9-13H2,1-8H3. The van der Waals surface area contributed by atoms with E-state index in [9.17, 15) is 0 Å². The fourth-order valence-corrected chi connectivity index (χ4v) is 2.86. The Kier molecular flexibility index (Phi) is 12.6. The fourth-order valence-electron chi connectivity index (χ4n) is 2.86. The van der Waals surface area contributed by atoms with Crippen molar-refractivity contribution in [2.24, 2.45) is 35.5 Å². The molecule has 0 aliphatic rings. The Morgan fingerprint density at radius 2 is 1.17 bits per heavy atom. The minimum Gasteiger partial charge on any atom is -0.0851 e. The van der Waals surface area contributed by atoms with E-state index in [4.69, 9.17) is 0 Å². The van der Waals surface area contributed by atoms with Crippen LogP contribution in [-0.4, -0.2) is 0 Å². The first-order valence-corrected chi connectivity index (χ1v) is 10.2. The molecule has 136 valence electrons. The molecule has 0 N–H and O–H groups in total. The van der Waals surface area contributed by atoms with Gasteiger partial charge in [-0.3, -0.25) is 0 Å². The van der Waals surface area contributed by atoms with Gasteiger partial charge in [-0.2, -0.15) is 0 Å². The zero-order valence-electron chi connectivity index (χ0n) is 17.3. The maximum absolute atomic E-state index is 2.51. The van der Waals surface area contributed by atoms with E-state index in [-0.39, 0.29) is 0 Å². The lowest BCUT2D eigenvalue weighted by molar-refractivity contribution is 0.413. The summed E-state index contributed by atoms with van der Waals surface area (Å²) in [6.45, 7) is 18.7. The molecule has 0 radical (unpaired) electrons. The van der Waals surface area contributed by atoms with Crippen LogP contribution in [0, 0.1) is 35.5 Å². The van der Waals surface area contributed by atoms with Gasteiger partial charge in [0.15, 0.2) is 0 Å². The molecular formula is C23H44.